The summed E-state index contributed by atoms with van der Waals surface area (Å²) in [6.07, 6.45) is 6.69. The lowest BCUT2D eigenvalue weighted by atomic mass is 9.81. The number of aryl methyl sites for hydroxylation is 1. The van der Waals surface area contributed by atoms with Crippen LogP contribution < -0.4 is 0 Å². The number of hydrogen-bond acceptors (Lipinski definition) is 1. The van der Waals surface area contributed by atoms with Crippen LogP contribution in [-0.2, 0) is 0 Å². The second-order valence-electron chi connectivity index (χ2n) is 5.20. The second kappa shape index (κ2) is 3.76. The van der Waals surface area contributed by atoms with Crippen LogP contribution >= 0.6 is 0 Å². The van der Waals surface area contributed by atoms with Gasteiger partial charge in [0, 0.05) is 29.8 Å². The van der Waals surface area contributed by atoms with Crippen LogP contribution in [0.4, 0.5) is 0 Å². The minimum atomic E-state index is 0.584. The summed E-state index contributed by atoms with van der Waals surface area (Å²) in [5.41, 5.74) is 5.77. The summed E-state index contributed by atoms with van der Waals surface area (Å²) in [5.74, 6) is 0.605. The van der Waals surface area contributed by atoms with E-state index in [1.165, 1.54) is 22.4 Å². The third-order valence-corrected chi connectivity index (χ3v) is 4.27. The summed E-state index contributed by atoms with van der Waals surface area (Å²) in [6, 6.07) is 7.28. The van der Waals surface area contributed by atoms with E-state index in [-0.39, 0.29) is 0 Å². The van der Waals surface area contributed by atoms with Crippen LogP contribution in [0.5, 0.6) is 0 Å². The number of hydrogen-bond donors (Lipinski definition) is 0. The molecular formula is C16H19N. The molecule has 0 radical (unpaired) electrons. The van der Waals surface area contributed by atoms with E-state index in [4.69, 9.17) is 0 Å². The fourth-order valence-corrected chi connectivity index (χ4v) is 3.09. The smallest absolute Gasteiger partial charge is 0.0450 e. The molecule has 0 saturated heterocycles. The first kappa shape index (κ1) is 10.6. The Balaban J connectivity index is 2.26. The summed E-state index contributed by atoms with van der Waals surface area (Å²) in [6.45, 7) is 7.95. The highest BCUT2D eigenvalue weighted by atomic mass is 15.2. The number of allylic oxidation sites excluding steroid dienone is 2. The average Bonchev–Trinajstić information content (AvgIpc) is 2.36. The van der Waals surface area contributed by atoms with Crippen molar-refractivity contribution >= 4 is 5.70 Å². The Morgan fingerprint density at radius 2 is 2.06 bits per heavy atom. The topological polar surface area (TPSA) is 3.24 Å². The summed E-state index contributed by atoms with van der Waals surface area (Å²) in [7, 11) is 0. The molecule has 0 fully saturated rings. The molecule has 0 amide bonds. The maximum absolute atomic E-state index is 2.53. The molecule has 0 saturated carbocycles. The summed E-state index contributed by atoms with van der Waals surface area (Å²) < 4.78 is 0. The maximum atomic E-state index is 2.53. The molecule has 0 spiro atoms. The first-order chi connectivity index (χ1) is 8.20. The van der Waals surface area contributed by atoms with Crippen LogP contribution in [0.1, 0.15) is 36.5 Å². The molecule has 2 aliphatic heterocycles. The van der Waals surface area contributed by atoms with Crippen molar-refractivity contribution in [3.63, 3.8) is 0 Å². The Bertz CT molecular complexity index is 510. The molecule has 2 heterocycles. The Labute approximate surface area is 103 Å². The Hall–Kier alpha value is -1.50. The Morgan fingerprint density at radius 1 is 1.24 bits per heavy atom. The standard InChI is InChI=1S/C16H19N/c1-11-7-6-8-14-12(2)13(3)17-10-5-4-9-15(17)16(11)14/h4-9,12-13H,10H2,1-3H3. The molecule has 1 aromatic carbocycles. The zero-order chi connectivity index (χ0) is 12.0. The maximum Gasteiger partial charge on any atom is 0.0450 e. The molecule has 2 aliphatic rings. The largest absolute Gasteiger partial charge is 0.364 e. The SMILES string of the molecule is Cc1cccc2c1C1=CC=CCN1C(C)C2C. The molecule has 17 heavy (non-hydrogen) atoms. The zero-order valence-electron chi connectivity index (χ0n) is 10.8. The Kier molecular flexibility index (Phi) is 2.36. The first-order valence-electron chi connectivity index (χ1n) is 6.43. The normalized spacial score (nSPS) is 26.3. The number of rotatable bonds is 0. The molecule has 1 nitrogen and oxygen atoms in total. The van der Waals surface area contributed by atoms with Crippen LogP contribution in [0, 0.1) is 6.92 Å². The molecule has 3 rings (SSSR count). The minimum Gasteiger partial charge on any atom is -0.364 e. The minimum absolute atomic E-state index is 0.584. The van der Waals surface area contributed by atoms with E-state index in [0.29, 0.717) is 12.0 Å². The van der Waals surface area contributed by atoms with E-state index in [1.807, 2.05) is 0 Å². The van der Waals surface area contributed by atoms with Gasteiger partial charge in [-0.15, -0.1) is 0 Å². The molecule has 1 heteroatoms. The highest BCUT2D eigenvalue weighted by molar-refractivity contribution is 5.74. The average molecular weight is 225 g/mol. The summed E-state index contributed by atoms with van der Waals surface area (Å²) in [5, 5.41) is 0. The molecule has 0 bridgehead atoms. The van der Waals surface area contributed by atoms with Gasteiger partial charge >= 0.3 is 0 Å². The van der Waals surface area contributed by atoms with Crippen molar-refractivity contribution in [2.24, 2.45) is 0 Å². The van der Waals surface area contributed by atoms with Crippen molar-refractivity contribution in [3.05, 3.63) is 53.1 Å². The van der Waals surface area contributed by atoms with Crippen molar-refractivity contribution < 1.29 is 0 Å². The van der Waals surface area contributed by atoms with E-state index in [9.17, 15) is 0 Å². The molecule has 2 atom stereocenters. The fourth-order valence-electron chi connectivity index (χ4n) is 3.09. The predicted octanol–water partition coefficient (Wildman–Crippen LogP) is 3.71. The van der Waals surface area contributed by atoms with Gasteiger partial charge in [0.2, 0.25) is 0 Å². The molecule has 1 aromatic rings. The molecular weight excluding hydrogens is 206 g/mol. The van der Waals surface area contributed by atoms with Gasteiger partial charge in [-0.1, -0.05) is 37.3 Å². The van der Waals surface area contributed by atoms with Crippen LogP contribution in [-0.4, -0.2) is 17.5 Å². The lowest BCUT2D eigenvalue weighted by molar-refractivity contribution is 0.289. The molecule has 88 valence electrons. The number of nitrogens with zero attached hydrogens (tertiary/aromatic N) is 1. The van der Waals surface area contributed by atoms with Gasteiger partial charge in [-0.2, -0.15) is 0 Å². The van der Waals surface area contributed by atoms with Gasteiger partial charge in [0.1, 0.15) is 0 Å². The highest BCUT2D eigenvalue weighted by Crippen LogP contribution is 2.41. The van der Waals surface area contributed by atoms with Crippen molar-refractivity contribution in [1.29, 1.82) is 0 Å². The molecule has 0 N–H and O–H groups in total. The van der Waals surface area contributed by atoms with Gasteiger partial charge in [0.15, 0.2) is 0 Å². The quantitative estimate of drug-likeness (QED) is 0.650. The predicted molar refractivity (Wildman–Crippen MR) is 72.9 cm³/mol. The van der Waals surface area contributed by atoms with Crippen molar-refractivity contribution in [1.82, 2.24) is 4.90 Å². The van der Waals surface area contributed by atoms with Gasteiger partial charge in [-0.3, -0.25) is 0 Å². The van der Waals surface area contributed by atoms with Gasteiger partial charge in [0.25, 0.3) is 0 Å². The van der Waals surface area contributed by atoms with Crippen LogP contribution in [0.3, 0.4) is 0 Å². The van der Waals surface area contributed by atoms with Crippen LogP contribution in [0.15, 0.2) is 36.4 Å². The molecule has 2 unspecified atom stereocenters. The summed E-state index contributed by atoms with van der Waals surface area (Å²) in [4.78, 5) is 2.53. The van der Waals surface area contributed by atoms with E-state index in [1.54, 1.807) is 0 Å². The van der Waals surface area contributed by atoms with Crippen LogP contribution in [0.2, 0.25) is 0 Å². The Morgan fingerprint density at radius 3 is 2.88 bits per heavy atom. The van der Waals surface area contributed by atoms with Crippen molar-refractivity contribution in [3.8, 4) is 0 Å². The van der Waals surface area contributed by atoms with Gasteiger partial charge in [-0.05, 0) is 31.1 Å². The lowest BCUT2D eigenvalue weighted by Gasteiger charge is -2.43. The third kappa shape index (κ3) is 1.45. The first-order valence-corrected chi connectivity index (χ1v) is 6.43. The van der Waals surface area contributed by atoms with E-state index >= 15 is 0 Å². The van der Waals surface area contributed by atoms with E-state index in [2.05, 4.69) is 62.1 Å². The fraction of sp³-hybridized carbons (Fsp3) is 0.375. The monoisotopic (exact) mass is 225 g/mol. The number of benzene rings is 1. The van der Waals surface area contributed by atoms with Crippen molar-refractivity contribution in [2.45, 2.75) is 32.7 Å². The summed E-state index contributed by atoms with van der Waals surface area (Å²) >= 11 is 0. The molecule has 0 aromatic heterocycles. The molecule has 0 aliphatic carbocycles. The second-order valence-corrected chi connectivity index (χ2v) is 5.20. The number of fused-ring (bicyclic) bond motifs is 3. The zero-order valence-corrected chi connectivity index (χ0v) is 10.8. The van der Waals surface area contributed by atoms with Gasteiger partial charge in [-0.25, -0.2) is 0 Å². The highest BCUT2D eigenvalue weighted by Gasteiger charge is 2.32. The van der Waals surface area contributed by atoms with Gasteiger partial charge in [0.05, 0.1) is 0 Å². The van der Waals surface area contributed by atoms with Gasteiger partial charge < -0.3 is 4.90 Å². The van der Waals surface area contributed by atoms with Crippen molar-refractivity contribution in [2.75, 3.05) is 6.54 Å². The van der Waals surface area contributed by atoms with E-state index < -0.39 is 0 Å². The van der Waals surface area contributed by atoms with E-state index in [0.717, 1.165) is 6.54 Å². The van der Waals surface area contributed by atoms with Crippen LogP contribution in [0.25, 0.3) is 5.70 Å². The lowest BCUT2D eigenvalue weighted by Crippen LogP contribution is -2.40. The third-order valence-electron chi connectivity index (χ3n) is 4.27.